The number of anilines is 1. The van der Waals surface area contributed by atoms with Crippen LogP contribution in [0.25, 0.3) is 0 Å². The predicted molar refractivity (Wildman–Crippen MR) is 98.8 cm³/mol. The van der Waals surface area contributed by atoms with Gasteiger partial charge in [-0.1, -0.05) is 26.8 Å². The molecule has 0 atom stereocenters. The topological polar surface area (TPSA) is 72.9 Å². The summed E-state index contributed by atoms with van der Waals surface area (Å²) in [5, 5.41) is 12.9. The van der Waals surface area contributed by atoms with Gasteiger partial charge >= 0.3 is 6.03 Å². The molecule has 2 N–H and O–H groups in total. The fraction of sp³-hybridized carbons (Fsp3) is 0.579. The van der Waals surface area contributed by atoms with Gasteiger partial charge in [-0.25, -0.2) is 4.79 Å². The van der Waals surface area contributed by atoms with Crippen molar-refractivity contribution in [3.8, 4) is 5.75 Å². The standard InChI is InChI=1S/C19H29N3O3/c1-19(2,3)14-6-7-16(23)15(12-14)20-17(24)13-8-10-22(11-9-13)18(25)21(4)5/h6-7,12-13,23H,8-11H2,1-5H3,(H,20,24). The summed E-state index contributed by atoms with van der Waals surface area (Å²) in [7, 11) is 3.46. The molecule has 0 spiro atoms. The summed E-state index contributed by atoms with van der Waals surface area (Å²) in [6, 6.07) is 5.30. The van der Waals surface area contributed by atoms with Gasteiger partial charge in [-0.15, -0.1) is 0 Å². The molecule has 1 aliphatic rings. The molecule has 0 unspecified atom stereocenters. The molecule has 0 saturated carbocycles. The van der Waals surface area contributed by atoms with Crippen LogP contribution in [0.5, 0.6) is 5.75 Å². The van der Waals surface area contributed by atoms with Crippen LogP contribution >= 0.6 is 0 Å². The number of phenols is 1. The maximum absolute atomic E-state index is 12.6. The SMILES string of the molecule is CN(C)C(=O)N1CCC(C(=O)Nc2cc(C(C)(C)C)ccc2O)CC1. The van der Waals surface area contributed by atoms with Crippen molar-refractivity contribution in [3.63, 3.8) is 0 Å². The minimum Gasteiger partial charge on any atom is -0.506 e. The fourth-order valence-electron chi connectivity index (χ4n) is 2.95. The number of hydrogen-bond donors (Lipinski definition) is 2. The number of aromatic hydroxyl groups is 1. The number of benzene rings is 1. The monoisotopic (exact) mass is 347 g/mol. The molecule has 1 aromatic rings. The van der Waals surface area contributed by atoms with Gasteiger partial charge in [-0.2, -0.15) is 0 Å². The Bertz CT molecular complexity index is 642. The number of urea groups is 1. The molecule has 0 aliphatic carbocycles. The number of hydrogen-bond acceptors (Lipinski definition) is 3. The molecule has 2 rings (SSSR count). The van der Waals surface area contributed by atoms with Gasteiger partial charge in [0, 0.05) is 33.1 Å². The van der Waals surface area contributed by atoms with Crippen LogP contribution < -0.4 is 5.32 Å². The van der Waals surface area contributed by atoms with Gasteiger partial charge in [-0.05, 0) is 36.0 Å². The van der Waals surface area contributed by atoms with Crippen LogP contribution in [0.1, 0.15) is 39.2 Å². The summed E-state index contributed by atoms with van der Waals surface area (Å²) >= 11 is 0. The second-order valence-corrected chi connectivity index (χ2v) is 7.91. The number of nitrogens with zero attached hydrogens (tertiary/aromatic N) is 2. The maximum Gasteiger partial charge on any atom is 0.319 e. The molecule has 0 radical (unpaired) electrons. The molecular formula is C19H29N3O3. The maximum atomic E-state index is 12.6. The third kappa shape index (κ3) is 4.65. The number of rotatable bonds is 2. The van der Waals surface area contributed by atoms with Gasteiger partial charge in [0.2, 0.25) is 5.91 Å². The van der Waals surface area contributed by atoms with E-state index >= 15 is 0 Å². The highest BCUT2D eigenvalue weighted by Crippen LogP contribution is 2.31. The first kappa shape index (κ1) is 19.1. The highest BCUT2D eigenvalue weighted by Gasteiger charge is 2.28. The van der Waals surface area contributed by atoms with Gasteiger partial charge in [-0.3, -0.25) is 4.79 Å². The second-order valence-electron chi connectivity index (χ2n) is 7.91. The average molecular weight is 347 g/mol. The van der Waals surface area contributed by atoms with Gasteiger partial charge in [0.05, 0.1) is 5.69 Å². The normalized spacial score (nSPS) is 15.8. The summed E-state index contributed by atoms with van der Waals surface area (Å²) in [4.78, 5) is 27.8. The smallest absolute Gasteiger partial charge is 0.319 e. The van der Waals surface area contributed by atoms with E-state index < -0.39 is 0 Å². The van der Waals surface area contributed by atoms with Gasteiger partial charge in [0.15, 0.2) is 0 Å². The van der Waals surface area contributed by atoms with Gasteiger partial charge in [0.25, 0.3) is 0 Å². The van der Waals surface area contributed by atoms with E-state index in [4.69, 9.17) is 0 Å². The summed E-state index contributed by atoms with van der Waals surface area (Å²) in [6.07, 6.45) is 1.26. The Kier molecular flexibility index (Phi) is 5.60. The van der Waals surface area contributed by atoms with E-state index in [0.29, 0.717) is 31.6 Å². The first-order chi connectivity index (χ1) is 11.6. The Hall–Kier alpha value is -2.24. The van der Waals surface area contributed by atoms with Crippen molar-refractivity contribution in [1.82, 2.24) is 9.80 Å². The molecule has 1 saturated heterocycles. The van der Waals surface area contributed by atoms with E-state index in [2.05, 4.69) is 26.1 Å². The number of carbonyl (C=O) groups excluding carboxylic acids is 2. The number of carbonyl (C=O) groups is 2. The highest BCUT2D eigenvalue weighted by atomic mass is 16.3. The van der Waals surface area contributed by atoms with E-state index in [-0.39, 0.29) is 29.0 Å². The largest absolute Gasteiger partial charge is 0.506 e. The summed E-state index contributed by atoms with van der Waals surface area (Å²) in [5.74, 6) is -0.177. The van der Waals surface area contributed by atoms with E-state index in [9.17, 15) is 14.7 Å². The van der Waals surface area contributed by atoms with Crippen molar-refractivity contribution in [1.29, 1.82) is 0 Å². The Labute approximate surface area is 149 Å². The van der Waals surface area contributed by atoms with E-state index in [0.717, 1.165) is 5.56 Å². The zero-order chi connectivity index (χ0) is 18.8. The van der Waals surface area contributed by atoms with E-state index in [1.807, 2.05) is 12.1 Å². The third-order valence-electron chi connectivity index (χ3n) is 4.64. The summed E-state index contributed by atoms with van der Waals surface area (Å²) < 4.78 is 0. The second kappa shape index (κ2) is 7.33. The minimum absolute atomic E-state index is 0.0191. The van der Waals surface area contributed by atoms with Crippen molar-refractivity contribution in [3.05, 3.63) is 23.8 Å². The highest BCUT2D eigenvalue weighted by molar-refractivity contribution is 5.94. The molecule has 138 valence electrons. The molecule has 6 heteroatoms. The van der Waals surface area contributed by atoms with Gasteiger partial charge in [0.1, 0.15) is 5.75 Å². The Morgan fingerprint density at radius 1 is 1.20 bits per heavy atom. The van der Waals surface area contributed by atoms with Crippen molar-refractivity contribution in [2.24, 2.45) is 5.92 Å². The first-order valence-electron chi connectivity index (χ1n) is 8.70. The molecule has 1 heterocycles. The van der Waals surface area contributed by atoms with Crippen LogP contribution in [0.3, 0.4) is 0 Å². The van der Waals surface area contributed by atoms with Crippen LogP contribution in [-0.4, -0.2) is 54.0 Å². The van der Waals surface area contributed by atoms with Crippen LogP contribution in [0.15, 0.2) is 18.2 Å². The third-order valence-corrected chi connectivity index (χ3v) is 4.64. The average Bonchev–Trinajstić information content (AvgIpc) is 2.55. The number of likely N-dealkylation sites (tertiary alicyclic amines) is 1. The minimum atomic E-state index is -0.149. The zero-order valence-corrected chi connectivity index (χ0v) is 15.8. The molecule has 25 heavy (non-hydrogen) atoms. The summed E-state index contributed by atoms with van der Waals surface area (Å²) in [6.45, 7) is 7.40. The zero-order valence-electron chi connectivity index (χ0n) is 15.8. The quantitative estimate of drug-likeness (QED) is 0.808. The number of amides is 3. The number of nitrogens with one attached hydrogen (secondary N) is 1. The van der Waals surface area contributed by atoms with Crippen molar-refractivity contribution < 1.29 is 14.7 Å². The Balaban J connectivity index is 2.01. The summed E-state index contributed by atoms with van der Waals surface area (Å²) in [5.41, 5.74) is 1.43. The molecule has 0 aromatic heterocycles. The van der Waals surface area contributed by atoms with E-state index in [1.165, 1.54) is 0 Å². The lowest BCUT2D eigenvalue weighted by Crippen LogP contribution is -2.45. The lowest BCUT2D eigenvalue weighted by Gasteiger charge is -2.33. The Morgan fingerprint density at radius 3 is 2.32 bits per heavy atom. The molecule has 3 amide bonds. The Morgan fingerprint density at radius 2 is 1.80 bits per heavy atom. The first-order valence-corrected chi connectivity index (χ1v) is 8.70. The molecule has 1 fully saturated rings. The van der Waals surface area contributed by atoms with Crippen LogP contribution in [-0.2, 0) is 10.2 Å². The molecule has 1 aromatic carbocycles. The molecule has 6 nitrogen and oxygen atoms in total. The molecule has 0 bridgehead atoms. The van der Waals surface area contributed by atoms with Crippen LogP contribution in [0.4, 0.5) is 10.5 Å². The molecular weight excluding hydrogens is 318 g/mol. The van der Waals surface area contributed by atoms with Crippen molar-refractivity contribution in [2.45, 2.75) is 39.0 Å². The predicted octanol–water partition coefficient (Wildman–Crippen LogP) is 3.02. The lowest BCUT2D eigenvalue weighted by molar-refractivity contribution is -0.121. The van der Waals surface area contributed by atoms with Crippen LogP contribution in [0.2, 0.25) is 0 Å². The fourth-order valence-corrected chi connectivity index (χ4v) is 2.95. The number of phenolic OH excluding ortho intramolecular Hbond substituents is 1. The van der Waals surface area contributed by atoms with E-state index in [1.54, 1.807) is 30.0 Å². The van der Waals surface area contributed by atoms with Crippen LogP contribution in [0, 0.1) is 5.92 Å². The van der Waals surface area contributed by atoms with Gasteiger partial charge < -0.3 is 20.2 Å². The van der Waals surface area contributed by atoms with Crippen molar-refractivity contribution >= 4 is 17.6 Å². The molecule has 1 aliphatic heterocycles. The number of piperidine rings is 1. The lowest BCUT2D eigenvalue weighted by atomic mass is 9.86. The van der Waals surface area contributed by atoms with Crippen molar-refractivity contribution in [2.75, 3.05) is 32.5 Å².